The van der Waals surface area contributed by atoms with E-state index in [1.807, 2.05) is 0 Å². The Morgan fingerprint density at radius 3 is 2.61 bits per heavy atom. The fourth-order valence-electron chi connectivity index (χ4n) is 2.57. The maximum Gasteiger partial charge on any atom is 0.279 e. The zero-order valence-corrected chi connectivity index (χ0v) is 11.9. The summed E-state index contributed by atoms with van der Waals surface area (Å²) in [4.78, 5) is 2.36. The lowest BCUT2D eigenvalue weighted by molar-refractivity contribution is 0.337. The summed E-state index contributed by atoms with van der Waals surface area (Å²) in [5.41, 5.74) is 0. The molecule has 2 N–H and O–H groups in total. The van der Waals surface area contributed by atoms with Crippen molar-refractivity contribution in [2.45, 2.75) is 13.3 Å². The van der Waals surface area contributed by atoms with Gasteiger partial charge in [0.25, 0.3) is 10.2 Å². The van der Waals surface area contributed by atoms with Crippen molar-refractivity contribution in [3.05, 3.63) is 0 Å². The summed E-state index contributed by atoms with van der Waals surface area (Å²) in [5, 5.41) is 3.16. The second kappa shape index (κ2) is 6.29. The zero-order valence-electron chi connectivity index (χ0n) is 11.1. The number of nitrogens with zero attached hydrogens (tertiary/aromatic N) is 2. The molecule has 0 spiro atoms. The Morgan fingerprint density at radius 1 is 1.28 bits per heavy atom. The van der Waals surface area contributed by atoms with Crippen LogP contribution in [0.1, 0.15) is 13.3 Å². The van der Waals surface area contributed by atoms with E-state index in [1.165, 1.54) is 4.31 Å². The SMILES string of the molecule is CCN1CCC(CNS(=O)(=O)N2CCNCC2)C1. The minimum atomic E-state index is -3.27. The molecule has 106 valence electrons. The Balaban J connectivity index is 1.78. The molecule has 0 radical (unpaired) electrons. The van der Waals surface area contributed by atoms with Crippen molar-refractivity contribution < 1.29 is 8.42 Å². The molecule has 2 aliphatic heterocycles. The molecule has 7 heteroatoms. The number of hydrogen-bond donors (Lipinski definition) is 2. The highest BCUT2D eigenvalue weighted by molar-refractivity contribution is 7.87. The van der Waals surface area contributed by atoms with Gasteiger partial charge in [-0.15, -0.1) is 0 Å². The van der Waals surface area contributed by atoms with Gasteiger partial charge in [0.1, 0.15) is 0 Å². The maximum atomic E-state index is 12.1. The molecule has 2 saturated heterocycles. The molecule has 2 aliphatic rings. The van der Waals surface area contributed by atoms with Gasteiger partial charge in [-0.25, -0.2) is 4.72 Å². The number of nitrogens with one attached hydrogen (secondary N) is 2. The van der Waals surface area contributed by atoms with Gasteiger partial charge >= 0.3 is 0 Å². The minimum absolute atomic E-state index is 0.461. The van der Waals surface area contributed by atoms with Gasteiger partial charge < -0.3 is 10.2 Å². The van der Waals surface area contributed by atoms with Crippen molar-refractivity contribution in [2.24, 2.45) is 5.92 Å². The van der Waals surface area contributed by atoms with E-state index < -0.39 is 10.2 Å². The number of likely N-dealkylation sites (tertiary alicyclic amines) is 1. The smallest absolute Gasteiger partial charge is 0.279 e. The van der Waals surface area contributed by atoms with Crippen LogP contribution < -0.4 is 10.0 Å². The van der Waals surface area contributed by atoms with Gasteiger partial charge in [-0.2, -0.15) is 12.7 Å². The van der Waals surface area contributed by atoms with E-state index in [2.05, 4.69) is 21.9 Å². The molecular weight excluding hydrogens is 252 g/mol. The van der Waals surface area contributed by atoms with E-state index in [4.69, 9.17) is 0 Å². The van der Waals surface area contributed by atoms with Crippen LogP contribution in [0, 0.1) is 5.92 Å². The van der Waals surface area contributed by atoms with E-state index >= 15 is 0 Å². The number of piperazine rings is 1. The van der Waals surface area contributed by atoms with E-state index in [9.17, 15) is 8.42 Å². The third-order valence-corrected chi connectivity index (χ3v) is 5.36. The van der Waals surface area contributed by atoms with Crippen LogP contribution in [0.3, 0.4) is 0 Å². The average Bonchev–Trinajstić information content (AvgIpc) is 2.86. The average molecular weight is 276 g/mol. The molecule has 0 saturated carbocycles. The normalized spacial score (nSPS) is 27.7. The first-order valence-electron chi connectivity index (χ1n) is 6.79. The molecule has 6 nitrogen and oxygen atoms in total. The van der Waals surface area contributed by atoms with Gasteiger partial charge in [-0.3, -0.25) is 0 Å². The van der Waals surface area contributed by atoms with Crippen LogP contribution >= 0.6 is 0 Å². The molecule has 2 fully saturated rings. The number of rotatable bonds is 5. The first kappa shape index (κ1) is 14.2. The van der Waals surface area contributed by atoms with Crippen LogP contribution in [0.5, 0.6) is 0 Å². The molecule has 0 aliphatic carbocycles. The third kappa shape index (κ3) is 3.64. The molecule has 0 amide bonds. The van der Waals surface area contributed by atoms with E-state index in [-0.39, 0.29) is 0 Å². The molecule has 1 unspecified atom stereocenters. The van der Waals surface area contributed by atoms with Crippen molar-refractivity contribution >= 4 is 10.2 Å². The lowest BCUT2D eigenvalue weighted by Crippen LogP contribution is -2.51. The van der Waals surface area contributed by atoms with Crippen molar-refractivity contribution in [3.63, 3.8) is 0 Å². The summed E-state index contributed by atoms with van der Waals surface area (Å²) in [6.45, 7) is 8.51. The standard InChI is InChI=1S/C11H24N4O2S/c1-2-14-6-3-11(10-14)9-13-18(16,17)15-7-4-12-5-8-15/h11-13H,2-10H2,1H3. The second-order valence-electron chi connectivity index (χ2n) is 5.05. The lowest BCUT2D eigenvalue weighted by atomic mass is 10.1. The van der Waals surface area contributed by atoms with Gasteiger partial charge in [0.2, 0.25) is 0 Å². The molecule has 0 bridgehead atoms. The summed E-state index contributed by atoms with van der Waals surface area (Å²) in [7, 11) is -3.27. The molecule has 1 atom stereocenters. The van der Waals surface area contributed by atoms with Gasteiger partial charge in [0.15, 0.2) is 0 Å². The lowest BCUT2D eigenvalue weighted by Gasteiger charge is -2.27. The van der Waals surface area contributed by atoms with Crippen LogP contribution in [-0.4, -0.2) is 70.0 Å². The fraction of sp³-hybridized carbons (Fsp3) is 1.00. The zero-order chi connectivity index (χ0) is 13.0. The van der Waals surface area contributed by atoms with Crippen LogP contribution in [-0.2, 0) is 10.2 Å². The minimum Gasteiger partial charge on any atom is -0.314 e. The van der Waals surface area contributed by atoms with Gasteiger partial charge in [0, 0.05) is 39.3 Å². The van der Waals surface area contributed by atoms with E-state index in [0.717, 1.165) is 39.1 Å². The molecule has 18 heavy (non-hydrogen) atoms. The van der Waals surface area contributed by atoms with Gasteiger partial charge in [0.05, 0.1) is 0 Å². The van der Waals surface area contributed by atoms with Crippen LogP contribution in [0.25, 0.3) is 0 Å². The van der Waals surface area contributed by atoms with Crippen molar-refractivity contribution in [1.29, 1.82) is 0 Å². The molecule has 0 aromatic carbocycles. The van der Waals surface area contributed by atoms with Gasteiger partial charge in [-0.1, -0.05) is 6.92 Å². The highest BCUT2D eigenvalue weighted by atomic mass is 32.2. The molecule has 0 aromatic rings. The first-order chi connectivity index (χ1) is 8.62. The van der Waals surface area contributed by atoms with Crippen LogP contribution in [0.15, 0.2) is 0 Å². The van der Waals surface area contributed by atoms with E-state index in [1.54, 1.807) is 0 Å². The highest BCUT2D eigenvalue weighted by Crippen LogP contribution is 2.15. The van der Waals surface area contributed by atoms with Crippen molar-refractivity contribution in [3.8, 4) is 0 Å². The van der Waals surface area contributed by atoms with Crippen LogP contribution in [0.2, 0.25) is 0 Å². The number of hydrogen-bond acceptors (Lipinski definition) is 4. The quantitative estimate of drug-likeness (QED) is 0.681. The first-order valence-corrected chi connectivity index (χ1v) is 8.23. The molecule has 2 heterocycles. The van der Waals surface area contributed by atoms with Crippen LogP contribution in [0.4, 0.5) is 0 Å². The van der Waals surface area contributed by atoms with Crippen molar-refractivity contribution in [2.75, 3.05) is 52.4 Å². The van der Waals surface area contributed by atoms with Gasteiger partial charge in [-0.05, 0) is 25.4 Å². The monoisotopic (exact) mass is 276 g/mol. The summed E-state index contributed by atoms with van der Waals surface area (Å²) >= 11 is 0. The maximum absolute atomic E-state index is 12.1. The summed E-state index contributed by atoms with van der Waals surface area (Å²) in [5.74, 6) is 0.461. The predicted octanol–water partition coefficient (Wildman–Crippen LogP) is -0.932. The Morgan fingerprint density at radius 2 is 2.00 bits per heavy atom. The Hall–Kier alpha value is -0.210. The largest absolute Gasteiger partial charge is 0.314 e. The summed E-state index contributed by atoms with van der Waals surface area (Å²) in [6.07, 6.45) is 1.10. The topological polar surface area (TPSA) is 64.7 Å². The molecule has 2 rings (SSSR count). The van der Waals surface area contributed by atoms with E-state index in [0.29, 0.717) is 25.6 Å². The highest BCUT2D eigenvalue weighted by Gasteiger charge is 2.26. The third-order valence-electron chi connectivity index (χ3n) is 3.79. The predicted molar refractivity (Wildman–Crippen MR) is 71.6 cm³/mol. The summed E-state index contributed by atoms with van der Waals surface area (Å²) < 4.78 is 28.4. The fourth-order valence-corrected chi connectivity index (χ4v) is 3.86. The second-order valence-corrected chi connectivity index (χ2v) is 6.81. The summed E-state index contributed by atoms with van der Waals surface area (Å²) in [6, 6.07) is 0. The Kier molecular flexibility index (Phi) is 4.97. The molecule has 0 aromatic heterocycles. The molecular formula is C11H24N4O2S. The Labute approximate surface area is 110 Å². The Bertz CT molecular complexity index is 354. The van der Waals surface area contributed by atoms with Crippen molar-refractivity contribution in [1.82, 2.24) is 19.2 Å².